The smallest absolute Gasteiger partial charge is 0.338 e. The summed E-state index contributed by atoms with van der Waals surface area (Å²) in [6, 6.07) is 14.8. The van der Waals surface area contributed by atoms with Crippen LogP contribution in [-0.2, 0) is 47.7 Å². The molecular weight excluding hydrogens is 778 g/mol. The van der Waals surface area contributed by atoms with Crippen molar-refractivity contribution in [1.29, 1.82) is 0 Å². The van der Waals surface area contributed by atoms with E-state index in [2.05, 4.69) is 5.32 Å². The summed E-state index contributed by atoms with van der Waals surface area (Å²) in [5, 5.41) is 40.0. The summed E-state index contributed by atoms with van der Waals surface area (Å²) in [6.45, 7) is 11.2. The number of carbonyl (C=O) groups is 6. The van der Waals surface area contributed by atoms with Crippen LogP contribution in [0.2, 0.25) is 0 Å². The number of ketones is 1. The van der Waals surface area contributed by atoms with Crippen molar-refractivity contribution in [1.82, 2.24) is 5.32 Å². The molecule has 15 heteroatoms. The molecule has 0 spiro atoms. The molecule has 60 heavy (non-hydrogen) atoms. The molecule has 1 unspecified atom stereocenters. The Morgan fingerprint density at radius 1 is 0.917 bits per heavy atom. The van der Waals surface area contributed by atoms with Crippen molar-refractivity contribution in [3.05, 3.63) is 94.6 Å². The first-order chi connectivity index (χ1) is 28.1. The lowest BCUT2D eigenvalue weighted by Crippen LogP contribution is -2.82. The summed E-state index contributed by atoms with van der Waals surface area (Å²) in [5.41, 5.74) is -6.91. The number of allylic oxidation sites excluding steroid dienone is 1. The van der Waals surface area contributed by atoms with Gasteiger partial charge in [-0.3, -0.25) is 19.2 Å². The van der Waals surface area contributed by atoms with Gasteiger partial charge in [0.1, 0.15) is 23.9 Å². The zero-order chi connectivity index (χ0) is 44.1. The zero-order valence-electron chi connectivity index (χ0n) is 34.9. The first-order valence-corrected chi connectivity index (χ1v) is 19.9. The van der Waals surface area contributed by atoms with Gasteiger partial charge < -0.3 is 44.3 Å². The average Bonchev–Trinajstić information content (AvgIpc) is 3.20. The van der Waals surface area contributed by atoms with E-state index in [9.17, 15) is 39.3 Å². The molecule has 11 atom stereocenters. The highest BCUT2D eigenvalue weighted by Crippen LogP contribution is 2.64. The predicted octanol–water partition coefficient (Wildman–Crippen LogP) is 3.39. The summed E-state index contributed by atoms with van der Waals surface area (Å²) in [6.07, 6.45) is -8.88. The molecule has 3 fully saturated rings. The van der Waals surface area contributed by atoms with Crippen LogP contribution in [0.3, 0.4) is 0 Å². The first kappa shape index (κ1) is 44.3. The molecule has 15 nitrogen and oxygen atoms in total. The molecule has 0 aromatic heterocycles. The Bertz CT molecular complexity index is 2110. The van der Waals surface area contributed by atoms with Gasteiger partial charge in [0, 0.05) is 37.7 Å². The molecule has 1 saturated heterocycles. The monoisotopic (exact) mass is 831 g/mol. The fraction of sp³-hybridized carbons (Fsp3) is 0.511. The van der Waals surface area contributed by atoms with Crippen LogP contribution in [0.1, 0.15) is 90.2 Å². The van der Waals surface area contributed by atoms with Gasteiger partial charge in [-0.15, -0.1) is 0 Å². The number of Topliss-reactive ketones (excluding diaryl/α,β-unsaturated/α-hetero) is 1. The summed E-state index contributed by atoms with van der Waals surface area (Å²) in [5.74, 6) is -6.78. The minimum atomic E-state index is -2.38. The Kier molecular flexibility index (Phi) is 12.1. The number of rotatable bonds is 10. The van der Waals surface area contributed by atoms with E-state index in [1.54, 1.807) is 82.3 Å². The minimum absolute atomic E-state index is 0.00140. The van der Waals surface area contributed by atoms with Crippen molar-refractivity contribution in [2.75, 3.05) is 6.61 Å². The zero-order valence-corrected chi connectivity index (χ0v) is 34.9. The van der Waals surface area contributed by atoms with Crippen LogP contribution >= 0.6 is 0 Å². The second-order valence-electron chi connectivity index (χ2n) is 17.0. The van der Waals surface area contributed by atoms with Crippen molar-refractivity contribution in [2.24, 2.45) is 16.7 Å². The third kappa shape index (κ3) is 7.24. The Balaban J connectivity index is 1.56. The van der Waals surface area contributed by atoms with E-state index in [0.717, 1.165) is 13.8 Å². The second kappa shape index (κ2) is 16.3. The maximum absolute atomic E-state index is 15.4. The summed E-state index contributed by atoms with van der Waals surface area (Å²) in [4.78, 5) is 82.9. The molecule has 2 aromatic rings. The van der Waals surface area contributed by atoms with E-state index in [4.69, 9.17) is 23.7 Å². The van der Waals surface area contributed by atoms with E-state index >= 15 is 4.79 Å². The number of amides is 1. The Morgan fingerprint density at radius 3 is 2.08 bits per heavy atom. The molecule has 2 bridgehead atoms. The Hall–Kier alpha value is -5.22. The van der Waals surface area contributed by atoms with Crippen molar-refractivity contribution >= 4 is 35.6 Å². The van der Waals surface area contributed by atoms with Crippen molar-refractivity contribution < 1.29 is 67.8 Å². The van der Waals surface area contributed by atoms with E-state index in [-0.39, 0.29) is 29.7 Å². The number of aliphatic hydroxyl groups is 3. The van der Waals surface area contributed by atoms with Gasteiger partial charge in [0.2, 0.25) is 5.91 Å². The van der Waals surface area contributed by atoms with E-state index in [0.29, 0.717) is 11.1 Å². The molecular formula is C45H53NO14. The highest BCUT2D eigenvalue weighted by atomic mass is 16.6. The van der Waals surface area contributed by atoms with Crippen LogP contribution in [0, 0.1) is 16.7 Å². The SMILES string of the molecule is C/C=C(\C)C(=O)N[C@@H](c1ccccc1)[C@@H](O)C(=O)O[C@H]1C[C@@]2(O)[C@@H](OC(=O)c3ccccc3)C3[C@](C)(C(=O)[C@H](OC(C)=O)C(=C1C)C2(C)C)[C@@H](O)C[C@H]1OC[C@@]31OC(C)=O. The molecule has 3 aliphatic carbocycles. The number of carbonyl (C=O) groups excluding carboxylic acids is 6. The molecule has 1 heterocycles. The molecule has 1 aliphatic heterocycles. The van der Waals surface area contributed by atoms with E-state index in [1.807, 2.05) is 0 Å². The summed E-state index contributed by atoms with van der Waals surface area (Å²) < 4.78 is 30.2. The van der Waals surface area contributed by atoms with Crippen molar-refractivity contribution in [2.45, 2.75) is 122 Å². The van der Waals surface area contributed by atoms with E-state index in [1.165, 1.54) is 26.0 Å². The number of fused-ring (bicyclic) bond motifs is 5. The Labute approximate surface area is 348 Å². The quantitative estimate of drug-likeness (QED) is 0.117. The highest BCUT2D eigenvalue weighted by Gasteiger charge is 2.78. The van der Waals surface area contributed by atoms with Gasteiger partial charge in [-0.05, 0) is 56.5 Å². The van der Waals surface area contributed by atoms with Crippen LogP contribution in [0.4, 0.5) is 0 Å². The van der Waals surface area contributed by atoms with Gasteiger partial charge in [-0.1, -0.05) is 68.5 Å². The van der Waals surface area contributed by atoms with Crippen molar-refractivity contribution in [3.63, 3.8) is 0 Å². The molecule has 4 aliphatic rings. The number of aliphatic hydroxyl groups excluding tert-OH is 2. The van der Waals surface area contributed by atoms with Crippen LogP contribution in [0.15, 0.2) is 83.5 Å². The third-order valence-corrected chi connectivity index (χ3v) is 13.2. The molecule has 4 N–H and O–H groups in total. The molecule has 322 valence electrons. The van der Waals surface area contributed by atoms with Gasteiger partial charge in [-0.2, -0.15) is 0 Å². The lowest BCUT2D eigenvalue weighted by atomic mass is 9.44. The second-order valence-corrected chi connectivity index (χ2v) is 17.0. The third-order valence-electron chi connectivity index (χ3n) is 13.2. The molecule has 6 rings (SSSR count). The standard InChI is InChI=1S/C45H53NO14/c1-9-23(2)39(52)46-33(27-16-12-10-13-17-27)34(50)41(54)58-29-21-45(55)38(59-40(53)28-18-14-11-15-19-28)36-43(8,30(49)20-31-44(36,22-56-31)60-26(5)48)37(51)35(57-25(4)47)32(24(29)3)42(45,6)7/h9-19,29-31,33-36,38,49-50,55H,20-22H2,1-8H3,(H,46,52)/b23-9+/t29-,30-,31+,33-,34+,35+,36?,38-,43+,44-,45+/m0/s1. The Morgan fingerprint density at radius 2 is 1.53 bits per heavy atom. The number of ether oxygens (including phenoxy) is 5. The van der Waals surface area contributed by atoms with Crippen molar-refractivity contribution in [3.8, 4) is 0 Å². The maximum Gasteiger partial charge on any atom is 0.338 e. The minimum Gasteiger partial charge on any atom is -0.456 e. The van der Waals surface area contributed by atoms with Crippen LogP contribution in [0.25, 0.3) is 0 Å². The number of esters is 4. The van der Waals surface area contributed by atoms with Crippen LogP contribution in [-0.4, -0.2) is 105 Å². The van der Waals surface area contributed by atoms with Gasteiger partial charge in [-0.25, -0.2) is 9.59 Å². The normalized spacial score (nSPS) is 32.9. The summed E-state index contributed by atoms with van der Waals surface area (Å²) >= 11 is 0. The van der Waals surface area contributed by atoms with E-state index < -0.39 is 113 Å². The average molecular weight is 832 g/mol. The fourth-order valence-electron chi connectivity index (χ4n) is 9.75. The predicted molar refractivity (Wildman–Crippen MR) is 211 cm³/mol. The number of hydrogen-bond donors (Lipinski definition) is 4. The first-order valence-electron chi connectivity index (χ1n) is 19.9. The van der Waals surface area contributed by atoms with Gasteiger partial charge in [0.05, 0.1) is 35.6 Å². The fourth-order valence-corrected chi connectivity index (χ4v) is 9.75. The molecule has 1 amide bonds. The van der Waals surface area contributed by atoms with Gasteiger partial charge in [0.25, 0.3) is 0 Å². The molecule has 0 radical (unpaired) electrons. The summed E-state index contributed by atoms with van der Waals surface area (Å²) in [7, 11) is 0. The largest absolute Gasteiger partial charge is 0.456 e. The number of hydrogen-bond acceptors (Lipinski definition) is 14. The van der Waals surface area contributed by atoms with Gasteiger partial charge >= 0.3 is 23.9 Å². The highest BCUT2D eigenvalue weighted by molar-refractivity contribution is 5.96. The molecule has 2 saturated carbocycles. The number of nitrogens with one attached hydrogen (secondary N) is 1. The lowest BCUT2D eigenvalue weighted by molar-refractivity contribution is -0.346. The van der Waals surface area contributed by atoms with Gasteiger partial charge in [0.15, 0.2) is 23.6 Å². The molecule has 2 aromatic carbocycles. The van der Waals surface area contributed by atoms with Crippen LogP contribution < -0.4 is 5.32 Å². The van der Waals surface area contributed by atoms with Crippen LogP contribution in [0.5, 0.6) is 0 Å². The maximum atomic E-state index is 15.4. The topological polar surface area (TPSA) is 221 Å². The lowest BCUT2D eigenvalue weighted by Gasteiger charge is -2.67. The number of benzene rings is 2.